The van der Waals surface area contributed by atoms with Gasteiger partial charge in [0.2, 0.25) is 5.91 Å². The summed E-state index contributed by atoms with van der Waals surface area (Å²) in [6.45, 7) is 1.79. The first-order valence-corrected chi connectivity index (χ1v) is 9.63. The maximum absolute atomic E-state index is 12.8. The summed E-state index contributed by atoms with van der Waals surface area (Å²) in [5, 5.41) is 7.81. The molecule has 27 heavy (non-hydrogen) atoms. The van der Waals surface area contributed by atoms with Crippen LogP contribution >= 0.6 is 0 Å². The van der Waals surface area contributed by atoms with Crippen LogP contribution in [-0.4, -0.2) is 36.1 Å². The summed E-state index contributed by atoms with van der Waals surface area (Å²) < 4.78 is 2.99. The number of pyridine rings is 1. The second kappa shape index (κ2) is 7.46. The molecule has 1 aliphatic carbocycles. The van der Waals surface area contributed by atoms with E-state index in [1.165, 1.54) is 30.0 Å². The minimum Gasteiger partial charge on any atom is -0.352 e. The smallest absolute Gasteiger partial charge is 0.262 e. The fourth-order valence-corrected chi connectivity index (χ4v) is 3.81. The summed E-state index contributed by atoms with van der Waals surface area (Å²) in [6, 6.07) is 2.00. The third kappa shape index (κ3) is 3.70. The predicted octanol–water partition coefficient (Wildman–Crippen LogP) is 1.98. The van der Waals surface area contributed by atoms with Gasteiger partial charge in [-0.2, -0.15) is 9.50 Å². The molecule has 8 heteroatoms. The lowest BCUT2D eigenvalue weighted by atomic mass is 9.97. The lowest BCUT2D eigenvalue weighted by Gasteiger charge is -2.21. The Labute approximate surface area is 156 Å². The van der Waals surface area contributed by atoms with Crippen LogP contribution in [-0.2, 0) is 11.3 Å². The zero-order valence-electron chi connectivity index (χ0n) is 15.5. The van der Waals surface area contributed by atoms with Gasteiger partial charge < -0.3 is 9.88 Å². The van der Waals surface area contributed by atoms with Gasteiger partial charge in [-0.25, -0.2) is 4.98 Å². The van der Waals surface area contributed by atoms with E-state index >= 15 is 0 Å². The first kappa shape index (κ1) is 17.6. The van der Waals surface area contributed by atoms with Crippen molar-refractivity contribution in [2.45, 2.75) is 64.5 Å². The van der Waals surface area contributed by atoms with Crippen LogP contribution in [0, 0.1) is 6.92 Å². The molecule has 0 unspecified atom stereocenters. The lowest BCUT2D eigenvalue weighted by molar-refractivity contribution is -0.122. The summed E-state index contributed by atoms with van der Waals surface area (Å²) in [5.74, 6) is 0.935. The molecule has 0 spiro atoms. The maximum atomic E-state index is 12.8. The average Bonchev–Trinajstić information content (AvgIpc) is 3.00. The largest absolute Gasteiger partial charge is 0.352 e. The van der Waals surface area contributed by atoms with Gasteiger partial charge >= 0.3 is 0 Å². The topological polar surface area (TPSA) is 94.2 Å². The molecular formula is C19H24N6O2. The molecule has 0 aliphatic heterocycles. The molecule has 1 N–H and O–H groups in total. The summed E-state index contributed by atoms with van der Waals surface area (Å²) in [6.07, 6.45) is 11.2. The number of hydrogen-bond donors (Lipinski definition) is 1. The minimum absolute atomic E-state index is 0.0136. The first-order valence-electron chi connectivity index (χ1n) is 9.63. The van der Waals surface area contributed by atoms with E-state index in [1.54, 1.807) is 23.7 Å². The fraction of sp³-hybridized carbons (Fsp3) is 0.526. The van der Waals surface area contributed by atoms with Crippen molar-refractivity contribution in [2.75, 3.05) is 0 Å². The molecule has 0 radical (unpaired) electrons. The molecule has 0 aromatic carbocycles. The van der Waals surface area contributed by atoms with Crippen molar-refractivity contribution >= 4 is 22.6 Å². The molecule has 142 valence electrons. The number of aromatic nitrogens is 5. The second-order valence-electron chi connectivity index (χ2n) is 7.29. The third-order valence-corrected chi connectivity index (χ3v) is 5.20. The molecule has 4 rings (SSSR count). The van der Waals surface area contributed by atoms with E-state index in [2.05, 4.69) is 20.4 Å². The van der Waals surface area contributed by atoms with Crippen molar-refractivity contribution in [3.63, 3.8) is 0 Å². The van der Waals surface area contributed by atoms with Crippen LogP contribution < -0.4 is 10.9 Å². The van der Waals surface area contributed by atoms with Crippen LogP contribution in [0.5, 0.6) is 0 Å². The van der Waals surface area contributed by atoms with Gasteiger partial charge in [0, 0.05) is 18.4 Å². The number of carbonyl (C=O) groups excluding carboxylic acids is 1. The van der Waals surface area contributed by atoms with Crippen molar-refractivity contribution in [2.24, 2.45) is 0 Å². The van der Waals surface area contributed by atoms with Gasteiger partial charge in [0.25, 0.3) is 11.3 Å². The van der Waals surface area contributed by atoms with Crippen LogP contribution in [0.1, 0.15) is 50.8 Å². The Hall–Kier alpha value is -2.77. The van der Waals surface area contributed by atoms with E-state index in [0.717, 1.165) is 25.7 Å². The standard InChI is InChI=1S/C19H24N6O2/c1-13-21-19-20-11-15-16(25(19)23-13)9-10-24(18(15)27)12-17(26)22-14-7-5-3-2-4-6-8-14/h9-11,14H,2-8,12H2,1H3,(H,22,26). The minimum atomic E-state index is -0.247. The molecule has 1 saturated carbocycles. The van der Waals surface area contributed by atoms with Crippen molar-refractivity contribution in [3.05, 3.63) is 34.6 Å². The fourth-order valence-electron chi connectivity index (χ4n) is 3.81. The van der Waals surface area contributed by atoms with E-state index in [4.69, 9.17) is 0 Å². The zero-order chi connectivity index (χ0) is 18.8. The van der Waals surface area contributed by atoms with E-state index in [-0.39, 0.29) is 24.1 Å². The normalized spacial score (nSPS) is 16.3. The zero-order valence-corrected chi connectivity index (χ0v) is 15.5. The van der Waals surface area contributed by atoms with Gasteiger partial charge in [0.15, 0.2) is 0 Å². The van der Waals surface area contributed by atoms with Crippen LogP contribution in [0.4, 0.5) is 0 Å². The van der Waals surface area contributed by atoms with Crippen LogP contribution in [0.2, 0.25) is 0 Å². The molecule has 0 saturated heterocycles. The highest BCUT2D eigenvalue weighted by Crippen LogP contribution is 2.17. The highest BCUT2D eigenvalue weighted by Gasteiger charge is 2.16. The Kier molecular flexibility index (Phi) is 4.87. The highest BCUT2D eigenvalue weighted by molar-refractivity contribution is 5.80. The van der Waals surface area contributed by atoms with Crippen LogP contribution in [0.15, 0.2) is 23.3 Å². The first-order chi connectivity index (χ1) is 13.1. The Balaban J connectivity index is 1.54. The second-order valence-corrected chi connectivity index (χ2v) is 7.29. The Morgan fingerprint density at radius 2 is 1.96 bits per heavy atom. The Morgan fingerprint density at radius 3 is 2.74 bits per heavy atom. The van der Waals surface area contributed by atoms with Crippen molar-refractivity contribution in [1.82, 2.24) is 29.5 Å². The lowest BCUT2D eigenvalue weighted by Crippen LogP contribution is -2.39. The summed E-state index contributed by atoms with van der Waals surface area (Å²) in [7, 11) is 0. The van der Waals surface area contributed by atoms with E-state index in [0.29, 0.717) is 22.5 Å². The molecule has 3 heterocycles. The molecular weight excluding hydrogens is 344 g/mol. The van der Waals surface area contributed by atoms with Gasteiger partial charge in [-0.15, -0.1) is 5.10 Å². The molecule has 1 fully saturated rings. The van der Waals surface area contributed by atoms with Crippen molar-refractivity contribution in [3.8, 4) is 0 Å². The number of amides is 1. The van der Waals surface area contributed by atoms with E-state index in [1.807, 2.05) is 0 Å². The van der Waals surface area contributed by atoms with Gasteiger partial charge in [0.1, 0.15) is 12.4 Å². The summed E-state index contributed by atoms with van der Waals surface area (Å²) in [5.41, 5.74) is 0.394. The third-order valence-electron chi connectivity index (χ3n) is 5.20. The number of carbonyl (C=O) groups is 1. The predicted molar refractivity (Wildman–Crippen MR) is 102 cm³/mol. The molecule has 0 bridgehead atoms. The van der Waals surface area contributed by atoms with Crippen LogP contribution in [0.3, 0.4) is 0 Å². The van der Waals surface area contributed by atoms with Crippen molar-refractivity contribution in [1.29, 1.82) is 0 Å². The van der Waals surface area contributed by atoms with Crippen LogP contribution in [0.25, 0.3) is 16.7 Å². The summed E-state index contributed by atoms with van der Waals surface area (Å²) in [4.78, 5) is 33.7. The van der Waals surface area contributed by atoms with Gasteiger partial charge in [-0.3, -0.25) is 9.59 Å². The number of aryl methyl sites for hydroxylation is 1. The van der Waals surface area contributed by atoms with Gasteiger partial charge in [-0.1, -0.05) is 32.1 Å². The molecule has 3 aromatic heterocycles. The average molecular weight is 368 g/mol. The molecule has 1 amide bonds. The number of nitrogens with zero attached hydrogens (tertiary/aromatic N) is 5. The maximum Gasteiger partial charge on any atom is 0.262 e. The van der Waals surface area contributed by atoms with Crippen molar-refractivity contribution < 1.29 is 4.79 Å². The number of fused-ring (bicyclic) bond motifs is 3. The number of nitrogens with one attached hydrogen (secondary N) is 1. The van der Waals surface area contributed by atoms with Gasteiger partial charge in [-0.05, 0) is 25.8 Å². The molecule has 8 nitrogen and oxygen atoms in total. The molecule has 1 aliphatic rings. The van der Waals surface area contributed by atoms with E-state index in [9.17, 15) is 9.59 Å². The Bertz CT molecular complexity index is 1030. The van der Waals surface area contributed by atoms with E-state index < -0.39 is 0 Å². The Morgan fingerprint density at radius 1 is 1.22 bits per heavy atom. The quantitative estimate of drug-likeness (QED) is 0.763. The SMILES string of the molecule is Cc1nc2ncc3c(=O)n(CC(=O)NC4CCCCCCC4)ccc3n2n1. The number of rotatable bonds is 3. The monoisotopic (exact) mass is 368 g/mol. The molecule has 3 aromatic rings. The highest BCUT2D eigenvalue weighted by atomic mass is 16.2. The summed E-state index contributed by atoms with van der Waals surface area (Å²) >= 11 is 0. The van der Waals surface area contributed by atoms with Gasteiger partial charge in [0.05, 0.1) is 10.9 Å². The number of hydrogen-bond acceptors (Lipinski definition) is 5. The molecule has 0 atom stereocenters.